The standard InChI is InChI=1S/C16H27BO4/c1-12(10-9-11-13(18)19-14(2,3)4)17-20-15(5,6)16(7,8)21-17/h9-11H,1-8H3/b11-9+,12-10+. The van der Waals surface area contributed by atoms with Gasteiger partial charge in [0.25, 0.3) is 0 Å². The van der Waals surface area contributed by atoms with E-state index in [1.165, 1.54) is 6.08 Å². The molecule has 5 heteroatoms. The van der Waals surface area contributed by atoms with Crippen molar-refractivity contribution in [3.63, 3.8) is 0 Å². The molecule has 0 radical (unpaired) electrons. The van der Waals surface area contributed by atoms with Gasteiger partial charge in [0.2, 0.25) is 0 Å². The Morgan fingerprint density at radius 3 is 2.00 bits per heavy atom. The predicted octanol–water partition coefficient (Wildman–Crippen LogP) is 3.46. The summed E-state index contributed by atoms with van der Waals surface area (Å²) in [5, 5.41) is 0. The Hall–Kier alpha value is -1.07. The molecule has 0 N–H and O–H groups in total. The van der Waals surface area contributed by atoms with Gasteiger partial charge in [0.1, 0.15) is 5.60 Å². The number of esters is 1. The van der Waals surface area contributed by atoms with Crippen molar-refractivity contribution in [2.24, 2.45) is 0 Å². The Kier molecular flexibility index (Phi) is 5.11. The lowest BCUT2D eigenvalue weighted by molar-refractivity contribution is -0.148. The van der Waals surface area contributed by atoms with E-state index in [0.29, 0.717) is 0 Å². The van der Waals surface area contributed by atoms with Crippen molar-refractivity contribution in [2.45, 2.75) is 72.2 Å². The largest absolute Gasteiger partial charge is 0.490 e. The van der Waals surface area contributed by atoms with Crippen molar-refractivity contribution in [2.75, 3.05) is 0 Å². The molecule has 0 amide bonds. The van der Waals surface area contributed by atoms with Crippen LogP contribution in [0.15, 0.2) is 23.7 Å². The van der Waals surface area contributed by atoms with Crippen LogP contribution in [-0.4, -0.2) is 29.9 Å². The molecule has 0 aromatic rings. The van der Waals surface area contributed by atoms with E-state index >= 15 is 0 Å². The van der Waals surface area contributed by atoms with Crippen LogP contribution in [-0.2, 0) is 18.8 Å². The maximum absolute atomic E-state index is 11.6. The van der Waals surface area contributed by atoms with Crippen molar-refractivity contribution in [1.82, 2.24) is 0 Å². The molecule has 1 heterocycles. The van der Waals surface area contributed by atoms with Crippen LogP contribution in [0.25, 0.3) is 0 Å². The molecule has 1 aliphatic heterocycles. The summed E-state index contributed by atoms with van der Waals surface area (Å²) < 4.78 is 17.0. The Morgan fingerprint density at radius 1 is 1.10 bits per heavy atom. The van der Waals surface area contributed by atoms with Crippen molar-refractivity contribution in [3.8, 4) is 0 Å². The summed E-state index contributed by atoms with van der Waals surface area (Å²) in [5.74, 6) is -0.361. The molecule has 0 saturated carbocycles. The molecule has 0 aromatic carbocycles. The maximum atomic E-state index is 11.6. The van der Waals surface area contributed by atoms with Crippen LogP contribution >= 0.6 is 0 Å². The fraction of sp³-hybridized carbons (Fsp3) is 0.688. The average molecular weight is 294 g/mol. The van der Waals surface area contributed by atoms with Crippen LogP contribution in [0.3, 0.4) is 0 Å². The van der Waals surface area contributed by atoms with E-state index in [2.05, 4.69) is 0 Å². The molecule has 1 rings (SSSR count). The van der Waals surface area contributed by atoms with Crippen molar-refractivity contribution in [3.05, 3.63) is 23.7 Å². The zero-order chi connectivity index (χ0) is 16.5. The van der Waals surface area contributed by atoms with Crippen molar-refractivity contribution >= 4 is 13.1 Å². The molecule has 1 fully saturated rings. The van der Waals surface area contributed by atoms with Gasteiger partial charge in [-0.25, -0.2) is 4.79 Å². The Balaban J connectivity index is 2.65. The summed E-state index contributed by atoms with van der Waals surface area (Å²) in [7, 11) is -0.390. The normalized spacial score (nSPS) is 21.9. The molecule has 1 aliphatic rings. The van der Waals surface area contributed by atoms with Gasteiger partial charge in [-0.1, -0.05) is 12.2 Å². The number of hydrogen-bond donors (Lipinski definition) is 0. The Labute approximate surface area is 128 Å². The first kappa shape index (κ1) is 18.0. The van der Waals surface area contributed by atoms with Crippen LogP contribution in [0.1, 0.15) is 55.4 Å². The van der Waals surface area contributed by atoms with Gasteiger partial charge in [0.05, 0.1) is 11.2 Å². The van der Waals surface area contributed by atoms with E-state index in [4.69, 9.17) is 14.0 Å². The van der Waals surface area contributed by atoms with E-state index in [1.54, 1.807) is 6.08 Å². The summed E-state index contributed by atoms with van der Waals surface area (Å²) in [6.07, 6.45) is 4.88. The van der Waals surface area contributed by atoms with E-state index in [9.17, 15) is 4.79 Å². The molecule has 1 saturated heterocycles. The first-order valence-corrected chi connectivity index (χ1v) is 7.27. The predicted molar refractivity (Wildman–Crippen MR) is 84.8 cm³/mol. The van der Waals surface area contributed by atoms with Crippen LogP contribution in [0, 0.1) is 0 Å². The van der Waals surface area contributed by atoms with Gasteiger partial charge in [-0.3, -0.25) is 0 Å². The molecule has 21 heavy (non-hydrogen) atoms. The maximum Gasteiger partial charge on any atom is 0.490 e. The number of allylic oxidation sites excluding steroid dienone is 3. The minimum atomic E-state index is -0.480. The molecular formula is C16H27BO4. The molecule has 0 aliphatic carbocycles. The van der Waals surface area contributed by atoms with Gasteiger partial charge < -0.3 is 14.0 Å². The second-order valence-corrected chi connectivity index (χ2v) is 7.39. The third kappa shape index (κ3) is 5.01. The molecule has 4 nitrogen and oxygen atoms in total. The first-order valence-electron chi connectivity index (χ1n) is 7.27. The fourth-order valence-electron chi connectivity index (χ4n) is 1.72. The van der Waals surface area contributed by atoms with Crippen molar-refractivity contribution in [1.29, 1.82) is 0 Å². The topological polar surface area (TPSA) is 44.8 Å². The summed E-state index contributed by atoms with van der Waals surface area (Å²) in [4.78, 5) is 11.6. The van der Waals surface area contributed by atoms with Gasteiger partial charge in [-0.05, 0) is 60.9 Å². The highest BCUT2D eigenvalue weighted by Crippen LogP contribution is 2.38. The van der Waals surface area contributed by atoms with E-state index in [-0.39, 0.29) is 17.2 Å². The van der Waals surface area contributed by atoms with Crippen LogP contribution in [0.4, 0.5) is 0 Å². The van der Waals surface area contributed by atoms with E-state index in [1.807, 2.05) is 61.5 Å². The number of carbonyl (C=O) groups is 1. The quantitative estimate of drug-likeness (QED) is 0.346. The second kappa shape index (κ2) is 5.97. The second-order valence-electron chi connectivity index (χ2n) is 7.39. The lowest BCUT2D eigenvalue weighted by Gasteiger charge is -2.32. The molecule has 0 atom stereocenters. The highest BCUT2D eigenvalue weighted by Gasteiger charge is 2.51. The van der Waals surface area contributed by atoms with E-state index < -0.39 is 12.7 Å². The lowest BCUT2D eigenvalue weighted by atomic mass is 9.79. The van der Waals surface area contributed by atoms with Crippen LogP contribution in [0.5, 0.6) is 0 Å². The van der Waals surface area contributed by atoms with Crippen molar-refractivity contribution < 1.29 is 18.8 Å². The fourth-order valence-corrected chi connectivity index (χ4v) is 1.72. The smallest absolute Gasteiger partial charge is 0.457 e. The number of hydrogen-bond acceptors (Lipinski definition) is 4. The third-order valence-electron chi connectivity index (χ3n) is 3.62. The highest BCUT2D eigenvalue weighted by molar-refractivity contribution is 6.54. The number of carbonyl (C=O) groups excluding carboxylic acids is 1. The molecule has 0 bridgehead atoms. The van der Waals surface area contributed by atoms with Gasteiger partial charge >= 0.3 is 13.1 Å². The Morgan fingerprint density at radius 2 is 1.57 bits per heavy atom. The summed E-state index contributed by atoms with van der Waals surface area (Å²) >= 11 is 0. The number of ether oxygens (including phenoxy) is 1. The van der Waals surface area contributed by atoms with Gasteiger partial charge in [-0.2, -0.15) is 0 Å². The van der Waals surface area contributed by atoms with Gasteiger partial charge in [-0.15, -0.1) is 0 Å². The van der Waals surface area contributed by atoms with Crippen LogP contribution < -0.4 is 0 Å². The lowest BCUT2D eigenvalue weighted by Crippen LogP contribution is -2.41. The minimum Gasteiger partial charge on any atom is -0.457 e. The minimum absolute atomic E-state index is 0.359. The van der Waals surface area contributed by atoms with E-state index in [0.717, 1.165) is 5.47 Å². The average Bonchev–Trinajstić information content (AvgIpc) is 2.45. The van der Waals surface area contributed by atoms with Gasteiger partial charge in [0, 0.05) is 6.08 Å². The molecule has 118 valence electrons. The monoisotopic (exact) mass is 294 g/mol. The zero-order valence-electron chi connectivity index (χ0n) is 14.4. The molecule has 0 unspecified atom stereocenters. The Bertz CT molecular complexity index is 439. The zero-order valence-corrected chi connectivity index (χ0v) is 14.4. The number of rotatable bonds is 3. The highest BCUT2D eigenvalue weighted by atomic mass is 16.7. The summed E-state index contributed by atoms with van der Waals surface area (Å²) in [5.41, 5.74) is -0.289. The third-order valence-corrected chi connectivity index (χ3v) is 3.62. The molecular weight excluding hydrogens is 267 g/mol. The molecule has 0 aromatic heterocycles. The van der Waals surface area contributed by atoms with Gasteiger partial charge in [0.15, 0.2) is 0 Å². The SMILES string of the molecule is C/C(=C\C=C\C(=O)OC(C)(C)C)B1OC(C)(C)C(C)(C)O1. The van der Waals surface area contributed by atoms with Crippen LogP contribution in [0.2, 0.25) is 0 Å². The summed E-state index contributed by atoms with van der Waals surface area (Å²) in [6.45, 7) is 15.5. The summed E-state index contributed by atoms with van der Waals surface area (Å²) in [6, 6.07) is 0. The first-order chi connectivity index (χ1) is 9.34. The molecule has 0 spiro atoms.